The van der Waals surface area contributed by atoms with Gasteiger partial charge in [0.2, 0.25) is 0 Å². The van der Waals surface area contributed by atoms with E-state index in [-0.39, 0.29) is 19.0 Å². The van der Waals surface area contributed by atoms with Crippen LogP contribution in [0, 0.1) is 13.8 Å². The van der Waals surface area contributed by atoms with E-state index in [1.165, 1.54) is 22.7 Å². The topological polar surface area (TPSA) is 104 Å². The zero-order chi connectivity index (χ0) is 20.4. The summed E-state index contributed by atoms with van der Waals surface area (Å²) in [6.07, 6.45) is 0.868. The number of hydrogen-bond donors (Lipinski definition) is 1. The molecule has 3 heterocycles. The summed E-state index contributed by atoms with van der Waals surface area (Å²) >= 11 is 2.61. The van der Waals surface area contributed by atoms with Crippen molar-refractivity contribution in [3.63, 3.8) is 0 Å². The molecule has 0 atom stereocenters. The highest BCUT2D eigenvalue weighted by atomic mass is 32.1. The van der Waals surface area contributed by atoms with Crippen molar-refractivity contribution in [1.82, 2.24) is 9.97 Å². The number of anilines is 1. The molecule has 3 aromatic heterocycles. The molecule has 2 N–H and O–H groups in total. The summed E-state index contributed by atoms with van der Waals surface area (Å²) < 4.78 is 10.4. The molecule has 3 rings (SSSR count). The fourth-order valence-corrected chi connectivity index (χ4v) is 4.95. The first-order chi connectivity index (χ1) is 13.3. The molecule has 0 aliphatic rings. The molecule has 0 bridgehead atoms. The normalized spacial score (nSPS) is 11.0. The quantitative estimate of drug-likeness (QED) is 0.601. The third-order valence-electron chi connectivity index (χ3n) is 4.26. The summed E-state index contributed by atoms with van der Waals surface area (Å²) in [7, 11) is 0. The largest absolute Gasteiger partial charge is 0.462 e. The molecule has 3 aromatic rings. The molecule has 0 saturated carbocycles. The van der Waals surface area contributed by atoms with Crippen molar-refractivity contribution in [2.45, 2.75) is 40.7 Å². The molecule has 0 aliphatic carbocycles. The van der Waals surface area contributed by atoms with Crippen molar-refractivity contribution in [1.29, 1.82) is 0 Å². The fourth-order valence-electron chi connectivity index (χ4n) is 2.84. The molecule has 0 fully saturated rings. The van der Waals surface area contributed by atoms with Crippen LogP contribution in [-0.2, 0) is 22.5 Å². The lowest BCUT2D eigenvalue weighted by atomic mass is 10.2. The van der Waals surface area contributed by atoms with E-state index in [9.17, 15) is 9.59 Å². The highest BCUT2D eigenvalue weighted by molar-refractivity contribution is 7.20. The van der Waals surface area contributed by atoms with E-state index in [0.29, 0.717) is 31.4 Å². The number of aryl methyl sites for hydroxylation is 3. The molecule has 0 radical (unpaired) electrons. The number of thiophene rings is 2. The Bertz CT molecular complexity index is 1060. The van der Waals surface area contributed by atoms with Crippen LogP contribution in [-0.4, -0.2) is 28.5 Å². The molecule has 0 aliphatic heterocycles. The van der Waals surface area contributed by atoms with Gasteiger partial charge in [0.15, 0.2) is 12.4 Å². The molecule has 0 aromatic carbocycles. The first-order valence-corrected chi connectivity index (χ1v) is 10.5. The second-order valence-electron chi connectivity index (χ2n) is 6.10. The Morgan fingerprint density at radius 1 is 1.11 bits per heavy atom. The van der Waals surface area contributed by atoms with Gasteiger partial charge in [0.1, 0.15) is 20.4 Å². The Morgan fingerprint density at radius 2 is 1.86 bits per heavy atom. The second-order valence-corrected chi connectivity index (χ2v) is 8.36. The lowest BCUT2D eigenvalue weighted by Crippen LogP contribution is -2.07. The number of esters is 2. The van der Waals surface area contributed by atoms with Gasteiger partial charge in [0.05, 0.1) is 12.0 Å². The van der Waals surface area contributed by atoms with Gasteiger partial charge in [-0.15, -0.1) is 22.7 Å². The van der Waals surface area contributed by atoms with Crippen LogP contribution in [0.4, 0.5) is 5.82 Å². The van der Waals surface area contributed by atoms with Crippen LogP contribution in [0.2, 0.25) is 0 Å². The summed E-state index contributed by atoms with van der Waals surface area (Å²) in [5.41, 5.74) is 7.90. The molecule has 28 heavy (non-hydrogen) atoms. The molecule has 9 heteroatoms. The molecule has 0 unspecified atom stereocenters. The second kappa shape index (κ2) is 8.24. The number of carbonyl (C=O) groups is 2. The molecule has 148 valence electrons. The number of carbonyl (C=O) groups excluding carboxylic acids is 2. The molecular weight excluding hydrogens is 398 g/mol. The van der Waals surface area contributed by atoms with Crippen LogP contribution >= 0.6 is 22.7 Å². The highest BCUT2D eigenvalue weighted by Crippen LogP contribution is 2.33. The van der Waals surface area contributed by atoms with Crippen LogP contribution < -0.4 is 5.73 Å². The minimum atomic E-state index is -0.412. The van der Waals surface area contributed by atoms with Crippen molar-refractivity contribution < 1.29 is 19.1 Å². The van der Waals surface area contributed by atoms with Crippen LogP contribution in [0.5, 0.6) is 0 Å². The number of nitrogens with two attached hydrogens (primary N) is 1. The number of rotatable bonds is 6. The molecule has 0 saturated heterocycles. The van der Waals surface area contributed by atoms with Gasteiger partial charge in [-0.25, -0.2) is 19.6 Å². The number of ether oxygens (including phenoxy) is 2. The van der Waals surface area contributed by atoms with Crippen molar-refractivity contribution in [3.8, 4) is 0 Å². The number of hydrogen-bond acceptors (Lipinski definition) is 9. The van der Waals surface area contributed by atoms with Crippen molar-refractivity contribution in [3.05, 3.63) is 37.6 Å². The van der Waals surface area contributed by atoms with E-state index in [1.807, 2.05) is 19.9 Å². The van der Waals surface area contributed by atoms with E-state index in [2.05, 4.69) is 9.97 Å². The summed E-state index contributed by atoms with van der Waals surface area (Å²) in [6.45, 7) is 7.76. The van der Waals surface area contributed by atoms with Crippen molar-refractivity contribution in [2.24, 2.45) is 0 Å². The monoisotopic (exact) mass is 419 g/mol. The molecular formula is C19H21N3O4S2. The fraction of sp³-hybridized carbons (Fsp3) is 0.368. The van der Waals surface area contributed by atoms with Gasteiger partial charge in [-0.3, -0.25) is 0 Å². The first kappa shape index (κ1) is 20.2. The minimum absolute atomic E-state index is 0.0942. The summed E-state index contributed by atoms with van der Waals surface area (Å²) in [6, 6.07) is 1.86. The van der Waals surface area contributed by atoms with Gasteiger partial charge in [-0.2, -0.15) is 0 Å². The van der Waals surface area contributed by atoms with Crippen molar-refractivity contribution in [2.75, 3.05) is 12.3 Å². The van der Waals surface area contributed by atoms with Crippen LogP contribution in [0.3, 0.4) is 0 Å². The predicted octanol–water partition coefficient (Wildman–Crippen LogP) is 4.05. The van der Waals surface area contributed by atoms with Gasteiger partial charge in [0, 0.05) is 4.88 Å². The van der Waals surface area contributed by atoms with Gasteiger partial charge in [0.25, 0.3) is 0 Å². The molecule has 7 nitrogen and oxygen atoms in total. The molecule has 0 amide bonds. The first-order valence-electron chi connectivity index (χ1n) is 8.84. The summed E-state index contributed by atoms with van der Waals surface area (Å²) in [5, 5.41) is 0.629. The lowest BCUT2D eigenvalue weighted by Gasteiger charge is -2.04. The van der Waals surface area contributed by atoms with E-state index in [1.54, 1.807) is 13.8 Å². The standard InChI is InChI=1S/C19H21N3O4S2/c1-5-11-7-12(27-10(11)4)18(23)26-8-13-21-16(20)14-9(3)15(19(24)25-6-2)28-17(14)22-13/h7H,5-6,8H2,1-4H3,(H2,20,21,22). The zero-order valence-corrected chi connectivity index (χ0v) is 17.8. The lowest BCUT2D eigenvalue weighted by molar-refractivity contribution is 0.0467. The minimum Gasteiger partial charge on any atom is -0.462 e. The summed E-state index contributed by atoms with van der Waals surface area (Å²) in [4.78, 5) is 35.7. The highest BCUT2D eigenvalue weighted by Gasteiger charge is 2.21. The van der Waals surface area contributed by atoms with E-state index < -0.39 is 11.9 Å². The van der Waals surface area contributed by atoms with Gasteiger partial charge < -0.3 is 15.2 Å². The van der Waals surface area contributed by atoms with E-state index in [4.69, 9.17) is 15.2 Å². The number of fused-ring (bicyclic) bond motifs is 1. The average molecular weight is 420 g/mol. The van der Waals surface area contributed by atoms with Gasteiger partial charge in [-0.05, 0) is 44.4 Å². The Balaban J connectivity index is 1.81. The number of nitrogen functional groups attached to an aromatic ring is 1. The maximum Gasteiger partial charge on any atom is 0.348 e. The Hall–Kier alpha value is -2.52. The van der Waals surface area contributed by atoms with Gasteiger partial charge in [-0.1, -0.05) is 6.92 Å². The van der Waals surface area contributed by atoms with Crippen LogP contribution in [0.15, 0.2) is 6.07 Å². The van der Waals surface area contributed by atoms with Crippen molar-refractivity contribution >= 4 is 50.6 Å². The SMILES string of the molecule is CCOC(=O)c1sc2nc(COC(=O)c3cc(CC)c(C)s3)nc(N)c2c1C. The summed E-state index contributed by atoms with van der Waals surface area (Å²) in [5.74, 6) is -0.278. The Morgan fingerprint density at radius 3 is 2.50 bits per heavy atom. The van der Waals surface area contributed by atoms with Crippen LogP contribution in [0.25, 0.3) is 10.2 Å². The molecule has 0 spiro atoms. The zero-order valence-electron chi connectivity index (χ0n) is 16.1. The predicted molar refractivity (Wildman–Crippen MR) is 110 cm³/mol. The Labute approximate surface area is 170 Å². The number of nitrogens with zero attached hydrogens (tertiary/aromatic N) is 2. The third-order valence-corrected chi connectivity index (χ3v) is 6.50. The maximum absolute atomic E-state index is 12.3. The van der Waals surface area contributed by atoms with Gasteiger partial charge >= 0.3 is 11.9 Å². The van der Waals surface area contributed by atoms with E-state index >= 15 is 0 Å². The maximum atomic E-state index is 12.3. The van der Waals surface area contributed by atoms with E-state index in [0.717, 1.165) is 16.9 Å². The Kier molecular flexibility index (Phi) is 5.95. The number of aromatic nitrogens is 2. The van der Waals surface area contributed by atoms with Crippen LogP contribution in [0.1, 0.15) is 55.0 Å². The smallest absolute Gasteiger partial charge is 0.348 e. The average Bonchev–Trinajstić information content (AvgIpc) is 3.20. The third kappa shape index (κ3) is 3.85.